The number of aliphatic carboxylic acids is 2. The summed E-state index contributed by atoms with van der Waals surface area (Å²) in [4.78, 5) is 70.7. The number of rotatable bonds is 15. The lowest BCUT2D eigenvalue weighted by Gasteiger charge is -2.25. The second-order valence-electron chi connectivity index (χ2n) is 7.54. The van der Waals surface area contributed by atoms with Gasteiger partial charge in [-0.1, -0.05) is 13.8 Å². The minimum absolute atomic E-state index is 0.0199. The van der Waals surface area contributed by atoms with E-state index in [4.69, 9.17) is 16.6 Å². The molecule has 0 spiro atoms. The van der Waals surface area contributed by atoms with E-state index < -0.39 is 72.6 Å². The first-order valence-corrected chi connectivity index (χ1v) is 10.4. The van der Waals surface area contributed by atoms with Crippen molar-refractivity contribution >= 4 is 48.2 Å². The monoisotopic (exact) mass is 477 g/mol. The van der Waals surface area contributed by atoms with Crippen LogP contribution >= 0.6 is 12.6 Å². The van der Waals surface area contributed by atoms with Crippen molar-refractivity contribution in [2.45, 2.75) is 63.7 Å². The predicted octanol–water partition coefficient (Wildman–Crippen LogP) is -2.43. The van der Waals surface area contributed by atoms with Crippen molar-refractivity contribution < 1.29 is 39.0 Å². The van der Waals surface area contributed by atoms with Crippen LogP contribution in [0.3, 0.4) is 0 Å². The van der Waals surface area contributed by atoms with Gasteiger partial charge in [-0.25, -0.2) is 4.79 Å². The number of carboxylic acid groups (broad SMARTS) is 2. The molecule has 0 fully saturated rings. The highest BCUT2D eigenvalue weighted by Gasteiger charge is 2.31. The lowest BCUT2D eigenvalue weighted by molar-refractivity contribution is -0.144. The van der Waals surface area contributed by atoms with E-state index in [-0.39, 0.29) is 24.5 Å². The van der Waals surface area contributed by atoms with Crippen LogP contribution < -0.4 is 27.4 Å². The van der Waals surface area contributed by atoms with Gasteiger partial charge in [-0.2, -0.15) is 12.6 Å². The minimum Gasteiger partial charge on any atom is -0.481 e. The Morgan fingerprint density at radius 2 is 1.38 bits per heavy atom. The molecule has 0 bridgehead atoms. The second kappa shape index (κ2) is 14.2. The van der Waals surface area contributed by atoms with Crippen LogP contribution in [0.1, 0.15) is 39.5 Å². The molecule has 0 aromatic carbocycles. The third kappa shape index (κ3) is 11.5. The topological polar surface area (TPSA) is 231 Å². The summed E-state index contributed by atoms with van der Waals surface area (Å²) in [7, 11) is 0. The van der Waals surface area contributed by atoms with Crippen molar-refractivity contribution in [3.8, 4) is 0 Å². The summed E-state index contributed by atoms with van der Waals surface area (Å²) in [6, 6.07) is -5.17. The van der Waals surface area contributed by atoms with E-state index >= 15 is 0 Å². The van der Waals surface area contributed by atoms with E-state index in [0.717, 1.165) is 0 Å². The maximum atomic E-state index is 12.7. The van der Waals surface area contributed by atoms with Crippen LogP contribution in [0.2, 0.25) is 0 Å². The smallest absolute Gasteiger partial charge is 0.326 e. The largest absolute Gasteiger partial charge is 0.481 e. The quantitative estimate of drug-likeness (QED) is 0.117. The highest BCUT2D eigenvalue weighted by atomic mass is 32.1. The van der Waals surface area contributed by atoms with E-state index in [9.17, 15) is 33.9 Å². The third-order valence-corrected chi connectivity index (χ3v) is 4.57. The first kappa shape index (κ1) is 29.1. The van der Waals surface area contributed by atoms with Gasteiger partial charge in [-0.3, -0.25) is 24.0 Å². The molecule has 9 N–H and O–H groups in total. The van der Waals surface area contributed by atoms with Gasteiger partial charge in [0.05, 0.1) is 12.5 Å². The van der Waals surface area contributed by atoms with Gasteiger partial charge in [-0.05, 0) is 18.8 Å². The number of hydrogen-bond acceptors (Lipinski definition) is 8. The van der Waals surface area contributed by atoms with Crippen molar-refractivity contribution in [2.75, 3.05) is 5.75 Å². The Hall–Kier alpha value is -2.87. The molecule has 0 saturated carbocycles. The summed E-state index contributed by atoms with van der Waals surface area (Å²) in [6.07, 6.45) is -1.28. The Morgan fingerprint density at radius 3 is 1.81 bits per heavy atom. The molecule has 0 aliphatic rings. The average molecular weight is 478 g/mol. The number of hydrogen-bond donors (Lipinski definition) is 8. The highest BCUT2D eigenvalue weighted by Crippen LogP contribution is 2.08. The van der Waals surface area contributed by atoms with Crippen molar-refractivity contribution in [1.29, 1.82) is 0 Å². The Labute approximate surface area is 190 Å². The summed E-state index contributed by atoms with van der Waals surface area (Å²) < 4.78 is 0. The van der Waals surface area contributed by atoms with Crippen LogP contribution in [0.4, 0.5) is 0 Å². The molecule has 0 aromatic heterocycles. The first-order chi connectivity index (χ1) is 14.8. The Morgan fingerprint density at radius 1 is 0.875 bits per heavy atom. The Kier molecular flexibility index (Phi) is 13.0. The molecule has 182 valence electrons. The Balaban J connectivity index is 5.53. The van der Waals surface area contributed by atoms with Crippen LogP contribution in [0.15, 0.2) is 0 Å². The van der Waals surface area contributed by atoms with Gasteiger partial charge >= 0.3 is 11.9 Å². The zero-order valence-electron chi connectivity index (χ0n) is 17.9. The minimum atomic E-state index is -1.59. The van der Waals surface area contributed by atoms with Crippen molar-refractivity contribution in [2.24, 2.45) is 17.4 Å². The lowest BCUT2D eigenvalue weighted by Crippen LogP contribution is -2.57. The van der Waals surface area contributed by atoms with Crippen LogP contribution in [-0.2, 0) is 28.8 Å². The summed E-state index contributed by atoms with van der Waals surface area (Å²) >= 11 is 3.89. The SMILES string of the molecule is CC(C)CC(NC(=O)C(CCC(=O)O)NC(=O)C(N)CS)C(=O)NC(CC(N)=O)C(=O)O. The molecular weight excluding hydrogens is 446 g/mol. The Bertz CT molecular complexity index is 717. The van der Waals surface area contributed by atoms with Gasteiger partial charge in [0.25, 0.3) is 0 Å². The maximum Gasteiger partial charge on any atom is 0.326 e. The third-order valence-electron chi connectivity index (χ3n) is 4.17. The summed E-state index contributed by atoms with van der Waals surface area (Å²) in [6.45, 7) is 3.50. The molecule has 0 rings (SSSR count). The van der Waals surface area contributed by atoms with E-state index in [1.807, 2.05) is 0 Å². The van der Waals surface area contributed by atoms with Gasteiger partial charge in [-0.15, -0.1) is 0 Å². The molecular formula is C18H31N5O8S. The molecule has 32 heavy (non-hydrogen) atoms. The van der Waals surface area contributed by atoms with Gasteiger partial charge in [0.2, 0.25) is 23.6 Å². The normalized spacial score (nSPS) is 14.5. The van der Waals surface area contributed by atoms with Crippen molar-refractivity contribution in [1.82, 2.24) is 16.0 Å². The first-order valence-electron chi connectivity index (χ1n) is 9.78. The fraction of sp³-hybridized carbons (Fsp3) is 0.667. The number of thiol groups is 1. The number of primary amides is 1. The van der Waals surface area contributed by atoms with Crippen molar-refractivity contribution in [3.63, 3.8) is 0 Å². The molecule has 0 aliphatic carbocycles. The van der Waals surface area contributed by atoms with E-state index in [0.29, 0.717) is 0 Å². The summed E-state index contributed by atoms with van der Waals surface area (Å²) in [5, 5.41) is 25.0. The van der Waals surface area contributed by atoms with Gasteiger partial charge in [0.15, 0.2) is 0 Å². The molecule has 13 nitrogen and oxygen atoms in total. The van der Waals surface area contributed by atoms with Crippen molar-refractivity contribution in [3.05, 3.63) is 0 Å². The van der Waals surface area contributed by atoms with Gasteiger partial charge in [0, 0.05) is 12.2 Å². The van der Waals surface area contributed by atoms with Crippen LogP contribution in [0, 0.1) is 5.92 Å². The van der Waals surface area contributed by atoms with E-state index in [1.54, 1.807) is 13.8 Å². The van der Waals surface area contributed by atoms with Crippen LogP contribution in [-0.4, -0.2) is 75.7 Å². The van der Waals surface area contributed by atoms with Gasteiger partial charge in [0.1, 0.15) is 18.1 Å². The van der Waals surface area contributed by atoms with Crippen LogP contribution in [0.5, 0.6) is 0 Å². The zero-order chi connectivity index (χ0) is 25.0. The molecule has 0 saturated heterocycles. The van der Waals surface area contributed by atoms with Crippen LogP contribution in [0.25, 0.3) is 0 Å². The standard InChI is InChI=1S/C18H31N5O8S/c1-8(2)5-11(17(29)23-12(18(30)31)6-13(20)24)22-16(28)10(3-4-14(25)26)21-15(27)9(19)7-32/h8-12,32H,3-7,19H2,1-2H3,(H2,20,24)(H,21,27)(H,22,28)(H,23,29)(H,25,26)(H,30,31). The maximum absolute atomic E-state index is 12.7. The molecule has 0 aliphatic heterocycles. The molecule has 4 atom stereocenters. The molecule has 4 unspecified atom stereocenters. The summed E-state index contributed by atoms with van der Waals surface area (Å²) in [5.74, 6) is -6.24. The molecule has 14 heteroatoms. The average Bonchev–Trinajstić information content (AvgIpc) is 2.67. The highest BCUT2D eigenvalue weighted by molar-refractivity contribution is 7.80. The van der Waals surface area contributed by atoms with E-state index in [2.05, 4.69) is 28.6 Å². The number of nitrogens with two attached hydrogens (primary N) is 2. The van der Waals surface area contributed by atoms with Gasteiger partial charge < -0.3 is 37.6 Å². The predicted molar refractivity (Wildman–Crippen MR) is 115 cm³/mol. The number of carboxylic acids is 2. The molecule has 0 radical (unpaired) electrons. The zero-order valence-corrected chi connectivity index (χ0v) is 18.8. The number of carbonyl (C=O) groups is 6. The molecule has 0 heterocycles. The fourth-order valence-electron chi connectivity index (χ4n) is 2.55. The fourth-order valence-corrected chi connectivity index (χ4v) is 2.71. The second-order valence-corrected chi connectivity index (χ2v) is 7.91. The number of carbonyl (C=O) groups excluding carboxylic acids is 4. The number of amides is 4. The lowest BCUT2D eigenvalue weighted by atomic mass is 10.0. The number of nitrogens with one attached hydrogen (secondary N) is 3. The molecule has 4 amide bonds. The molecule has 0 aromatic rings. The summed E-state index contributed by atoms with van der Waals surface area (Å²) in [5.41, 5.74) is 10.6. The van der Waals surface area contributed by atoms with E-state index in [1.165, 1.54) is 0 Å².